The highest BCUT2D eigenvalue weighted by molar-refractivity contribution is 7.47. The van der Waals surface area contributed by atoms with Crippen LogP contribution in [-0.2, 0) is 27.9 Å². The molecular weight excluding hydrogens is 884 g/mol. The van der Waals surface area contributed by atoms with Crippen LogP contribution in [0.5, 0.6) is 0 Å². The van der Waals surface area contributed by atoms with Crippen molar-refractivity contribution in [1.82, 2.24) is 0 Å². The number of esters is 1. The van der Waals surface area contributed by atoms with Gasteiger partial charge in [-0.05, 0) is 12.8 Å². The SMILES string of the molecule is CCCCCCCCCCCCCCCCCCCCCCCCCCCC(=O)O[C@H](COCCCCCCCCCCCCCCCCCC)COP(=O)(O)OC1C(O)C(O)C(O)[C@@H](O)C1O. The van der Waals surface area contributed by atoms with Crippen LogP contribution in [0.25, 0.3) is 0 Å². The third kappa shape index (κ3) is 37.1. The largest absolute Gasteiger partial charge is 0.472 e. The molecule has 0 bridgehead atoms. The van der Waals surface area contributed by atoms with Crippen LogP contribution in [0, 0.1) is 0 Å². The zero-order chi connectivity index (χ0) is 49.8. The van der Waals surface area contributed by atoms with Crippen molar-refractivity contribution in [3.63, 3.8) is 0 Å². The molecule has 0 aromatic carbocycles. The van der Waals surface area contributed by atoms with E-state index in [1.165, 1.54) is 218 Å². The van der Waals surface area contributed by atoms with Crippen molar-refractivity contribution in [3.8, 4) is 0 Å². The Morgan fingerprint density at radius 2 is 0.691 bits per heavy atom. The summed E-state index contributed by atoms with van der Waals surface area (Å²) in [5.74, 6) is -0.467. The van der Waals surface area contributed by atoms with Crippen LogP contribution in [-0.4, -0.2) is 98.9 Å². The standard InChI is InChI=1S/C55H109O12P/c1-3-5-7-9-11-13-15-17-19-21-22-23-24-25-26-27-28-29-30-32-34-36-38-40-42-44-49(56)66-48(47-65-68(62,63)67-55-53(60)51(58)50(57)52(59)54(55)61)46-64-45-43-41-39-37-35-33-31-20-18-16-14-12-10-8-6-4-2/h48,50-55,57-61H,3-47H2,1-2H3,(H,62,63)/t48-,50?,51-,52?,53?,54?,55?/m1/s1. The smallest absolute Gasteiger partial charge is 0.457 e. The Morgan fingerprint density at radius 3 is 1.01 bits per heavy atom. The fraction of sp³-hybridized carbons (Fsp3) is 0.982. The van der Waals surface area contributed by atoms with Crippen molar-refractivity contribution in [1.29, 1.82) is 0 Å². The van der Waals surface area contributed by atoms with Gasteiger partial charge in [-0.2, -0.15) is 0 Å². The van der Waals surface area contributed by atoms with Crippen molar-refractivity contribution in [2.24, 2.45) is 0 Å². The highest BCUT2D eigenvalue weighted by Gasteiger charge is 2.51. The van der Waals surface area contributed by atoms with Gasteiger partial charge in [0.25, 0.3) is 0 Å². The molecule has 1 rings (SSSR count). The molecule has 0 aromatic heterocycles. The molecule has 68 heavy (non-hydrogen) atoms. The first-order valence-electron chi connectivity index (χ1n) is 28.9. The van der Waals surface area contributed by atoms with Crippen molar-refractivity contribution in [2.45, 2.75) is 326 Å². The summed E-state index contributed by atoms with van der Waals surface area (Å²) in [6, 6.07) is 0. The summed E-state index contributed by atoms with van der Waals surface area (Å²) >= 11 is 0. The van der Waals surface area contributed by atoms with Crippen LogP contribution in [0.1, 0.15) is 284 Å². The molecule has 8 atom stereocenters. The number of hydrogen-bond donors (Lipinski definition) is 6. The van der Waals surface area contributed by atoms with E-state index in [-0.39, 0.29) is 13.0 Å². The highest BCUT2D eigenvalue weighted by atomic mass is 31.2. The van der Waals surface area contributed by atoms with Gasteiger partial charge < -0.3 is 39.9 Å². The van der Waals surface area contributed by atoms with Crippen molar-refractivity contribution >= 4 is 13.8 Å². The number of hydrogen-bond acceptors (Lipinski definition) is 11. The van der Waals surface area contributed by atoms with Gasteiger partial charge in [-0.3, -0.25) is 13.8 Å². The zero-order valence-electron chi connectivity index (χ0n) is 43.9. The molecule has 6 unspecified atom stereocenters. The lowest BCUT2D eigenvalue weighted by atomic mass is 9.85. The van der Waals surface area contributed by atoms with E-state index in [1.807, 2.05) is 0 Å². The van der Waals surface area contributed by atoms with E-state index in [0.717, 1.165) is 38.5 Å². The van der Waals surface area contributed by atoms with Crippen LogP contribution in [0.3, 0.4) is 0 Å². The number of unbranched alkanes of at least 4 members (excludes halogenated alkanes) is 39. The van der Waals surface area contributed by atoms with Crippen molar-refractivity contribution in [3.05, 3.63) is 0 Å². The second kappa shape index (κ2) is 46.1. The maximum atomic E-state index is 12.9. The minimum absolute atomic E-state index is 0.0672. The van der Waals surface area contributed by atoms with E-state index in [9.17, 15) is 39.8 Å². The summed E-state index contributed by atoms with van der Waals surface area (Å²) in [4.78, 5) is 23.3. The Labute approximate surface area is 416 Å². The first-order chi connectivity index (χ1) is 33.0. The topological polar surface area (TPSA) is 192 Å². The van der Waals surface area contributed by atoms with Gasteiger partial charge in [-0.15, -0.1) is 0 Å². The molecule has 6 N–H and O–H groups in total. The van der Waals surface area contributed by atoms with E-state index >= 15 is 0 Å². The highest BCUT2D eigenvalue weighted by Crippen LogP contribution is 2.47. The fourth-order valence-corrected chi connectivity index (χ4v) is 10.4. The molecule has 406 valence electrons. The quantitative estimate of drug-likeness (QED) is 0.0192. The first-order valence-corrected chi connectivity index (χ1v) is 30.4. The lowest BCUT2D eigenvalue weighted by Crippen LogP contribution is -2.64. The maximum Gasteiger partial charge on any atom is 0.472 e. The Bertz CT molecular complexity index is 1130. The van der Waals surface area contributed by atoms with Crippen LogP contribution < -0.4 is 0 Å². The molecule has 0 radical (unpaired) electrons. The Balaban J connectivity index is 2.24. The van der Waals surface area contributed by atoms with Crippen LogP contribution in [0.15, 0.2) is 0 Å². The van der Waals surface area contributed by atoms with E-state index in [2.05, 4.69) is 13.8 Å². The molecule has 0 saturated heterocycles. The number of carbonyl (C=O) groups is 1. The van der Waals surface area contributed by atoms with Gasteiger partial charge in [0.2, 0.25) is 0 Å². The third-order valence-electron chi connectivity index (χ3n) is 14.0. The predicted molar refractivity (Wildman–Crippen MR) is 277 cm³/mol. The van der Waals surface area contributed by atoms with Gasteiger partial charge >= 0.3 is 13.8 Å². The van der Waals surface area contributed by atoms with Crippen molar-refractivity contribution < 1.29 is 58.3 Å². The molecule has 0 aliphatic heterocycles. The monoisotopic (exact) mass is 993 g/mol. The average Bonchev–Trinajstić information content (AvgIpc) is 3.32. The Morgan fingerprint density at radius 1 is 0.412 bits per heavy atom. The van der Waals surface area contributed by atoms with Gasteiger partial charge in [0, 0.05) is 13.0 Å². The molecule has 0 heterocycles. The summed E-state index contributed by atoms with van der Waals surface area (Å²) in [5.41, 5.74) is 0. The molecule has 0 spiro atoms. The normalized spacial score (nSPS) is 21.0. The van der Waals surface area contributed by atoms with Gasteiger partial charge in [-0.25, -0.2) is 4.57 Å². The number of aliphatic hydroxyl groups excluding tert-OH is 5. The maximum absolute atomic E-state index is 12.9. The van der Waals surface area contributed by atoms with Crippen LogP contribution >= 0.6 is 7.82 Å². The summed E-state index contributed by atoms with van der Waals surface area (Å²) in [7, 11) is -5.02. The predicted octanol–water partition coefficient (Wildman–Crippen LogP) is 13.7. The number of rotatable bonds is 51. The molecule has 1 saturated carbocycles. The van der Waals surface area contributed by atoms with Gasteiger partial charge in [0.15, 0.2) is 0 Å². The molecule has 0 amide bonds. The molecule has 0 aromatic rings. The summed E-state index contributed by atoms with van der Waals surface area (Å²) in [6.45, 7) is 4.34. The van der Waals surface area contributed by atoms with Gasteiger partial charge in [-0.1, -0.05) is 264 Å². The summed E-state index contributed by atoms with van der Waals surface area (Å²) < 4.78 is 34.4. The average molecular weight is 993 g/mol. The number of aliphatic hydroxyl groups is 5. The minimum atomic E-state index is -5.02. The fourth-order valence-electron chi connectivity index (χ4n) is 9.42. The number of phosphoric acid groups is 1. The van der Waals surface area contributed by atoms with Crippen LogP contribution in [0.4, 0.5) is 0 Å². The molecule has 1 aliphatic rings. The van der Waals surface area contributed by atoms with Gasteiger partial charge in [0.05, 0.1) is 13.2 Å². The van der Waals surface area contributed by atoms with E-state index in [0.29, 0.717) is 13.0 Å². The zero-order valence-corrected chi connectivity index (χ0v) is 44.8. The summed E-state index contributed by atoms with van der Waals surface area (Å²) in [5, 5.41) is 50.4. The Kier molecular flexibility index (Phi) is 44.4. The van der Waals surface area contributed by atoms with Gasteiger partial charge in [0.1, 0.15) is 42.7 Å². The molecule has 12 nitrogen and oxygen atoms in total. The Hall–Kier alpha value is -0.660. The lowest BCUT2D eigenvalue weighted by molar-refractivity contribution is -0.220. The third-order valence-corrected chi connectivity index (χ3v) is 15.0. The lowest BCUT2D eigenvalue weighted by Gasteiger charge is -2.41. The second-order valence-corrected chi connectivity index (χ2v) is 21.9. The summed E-state index contributed by atoms with van der Waals surface area (Å²) in [6.07, 6.45) is 40.4. The van der Waals surface area contributed by atoms with Crippen LogP contribution in [0.2, 0.25) is 0 Å². The van der Waals surface area contributed by atoms with E-state index in [1.54, 1.807) is 0 Å². The first kappa shape index (κ1) is 65.4. The van der Waals surface area contributed by atoms with E-state index < -0.39 is 63.1 Å². The van der Waals surface area contributed by atoms with E-state index in [4.69, 9.17) is 18.5 Å². The molecule has 13 heteroatoms. The number of phosphoric ester groups is 1. The molecular formula is C55H109O12P. The molecule has 1 fully saturated rings. The minimum Gasteiger partial charge on any atom is -0.457 e. The second-order valence-electron chi connectivity index (χ2n) is 20.5. The number of carbonyl (C=O) groups excluding carboxylic acids is 1. The molecule has 1 aliphatic carbocycles. The number of ether oxygens (including phenoxy) is 2. The van der Waals surface area contributed by atoms with Crippen molar-refractivity contribution in [2.75, 3.05) is 19.8 Å².